The van der Waals surface area contributed by atoms with Gasteiger partial charge in [-0.25, -0.2) is 4.79 Å². The number of likely N-dealkylation sites (N-methyl/N-ethyl adjacent to an activating group) is 1. The van der Waals surface area contributed by atoms with Gasteiger partial charge < -0.3 is 30.9 Å². The Morgan fingerprint density at radius 3 is 2.25 bits per heavy atom. The molecule has 0 radical (unpaired) electrons. The summed E-state index contributed by atoms with van der Waals surface area (Å²) in [6, 6.07) is 8.71. The van der Waals surface area contributed by atoms with Crippen LogP contribution in [0.1, 0.15) is 38.3 Å². The van der Waals surface area contributed by atoms with E-state index in [9.17, 15) is 39.6 Å². The number of primary amides is 1. The van der Waals surface area contributed by atoms with Gasteiger partial charge in [-0.1, -0.05) is 18.2 Å². The van der Waals surface area contributed by atoms with Crippen LogP contribution in [0.2, 0.25) is 0 Å². The summed E-state index contributed by atoms with van der Waals surface area (Å²) in [5.74, 6) is -7.04. The number of phenols is 1. The maximum Gasteiger partial charge on any atom is 0.412 e. The molecule has 0 unspecified atom stereocenters. The number of benzene rings is 2. The molecule has 0 aromatic heterocycles. The van der Waals surface area contributed by atoms with Gasteiger partial charge >= 0.3 is 6.09 Å². The van der Waals surface area contributed by atoms with Crippen molar-refractivity contribution in [3.63, 3.8) is 0 Å². The summed E-state index contributed by atoms with van der Waals surface area (Å²) in [4.78, 5) is 53.1. The third-order valence-electron chi connectivity index (χ3n) is 8.45. The number of ketones is 2. The van der Waals surface area contributed by atoms with Crippen LogP contribution in [-0.2, 0) is 25.5 Å². The van der Waals surface area contributed by atoms with Crippen molar-refractivity contribution in [2.24, 2.45) is 17.6 Å². The number of carbonyl (C=O) groups is 4. The summed E-state index contributed by atoms with van der Waals surface area (Å²) >= 11 is 0. The fraction of sp³-hybridized carbons (Fsp3) is 0.375. The Morgan fingerprint density at radius 2 is 1.68 bits per heavy atom. The van der Waals surface area contributed by atoms with Crippen LogP contribution in [0.4, 0.5) is 10.5 Å². The molecular weight excluding hydrogens is 570 g/mol. The highest BCUT2D eigenvalue weighted by Gasteiger charge is 2.64. The minimum absolute atomic E-state index is 0.00486. The number of aliphatic hydroxyl groups is 3. The summed E-state index contributed by atoms with van der Waals surface area (Å²) in [6.45, 7) is 5.26. The molecule has 3 aliphatic carbocycles. The highest BCUT2D eigenvalue weighted by molar-refractivity contribution is 6.24. The van der Waals surface area contributed by atoms with Crippen LogP contribution in [0.3, 0.4) is 0 Å². The van der Waals surface area contributed by atoms with Crippen LogP contribution in [0, 0.1) is 11.8 Å². The SMILES string of the molecule is CN(C)[C@@H]1C(=O)C(C(N)=O)=C(O)[C@@]2(O)C(=O)C3=C(O)c4c(O)ccc(-c5ccc(NC(=O)OC(C)(C)C)cc5)c4C[C@H]3C[C@@H]12. The predicted octanol–water partition coefficient (Wildman–Crippen LogP) is 2.98. The fourth-order valence-electron chi connectivity index (χ4n) is 6.67. The van der Waals surface area contributed by atoms with Gasteiger partial charge in [0.1, 0.15) is 28.4 Å². The van der Waals surface area contributed by atoms with Crippen LogP contribution in [0.25, 0.3) is 16.9 Å². The number of hydrogen-bond acceptors (Lipinski definition) is 10. The smallest absolute Gasteiger partial charge is 0.412 e. The van der Waals surface area contributed by atoms with Gasteiger partial charge in [0.05, 0.1) is 11.6 Å². The second-order valence-electron chi connectivity index (χ2n) is 12.7. The molecule has 3 aliphatic rings. The van der Waals surface area contributed by atoms with Crippen LogP contribution < -0.4 is 11.1 Å². The van der Waals surface area contributed by atoms with Gasteiger partial charge in [0.25, 0.3) is 5.91 Å². The second kappa shape index (κ2) is 10.5. The number of fused-ring (bicyclic) bond motifs is 3. The molecule has 2 aromatic rings. The van der Waals surface area contributed by atoms with Crippen molar-refractivity contribution in [3.05, 3.63) is 64.4 Å². The number of Topliss-reactive ketones (excluding diaryl/α,β-unsaturated/α-hetero) is 2. The highest BCUT2D eigenvalue weighted by Crippen LogP contribution is 2.53. The zero-order valence-corrected chi connectivity index (χ0v) is 25.0. The Kier molecular flexibility index (Phi) is 7.34. The first kappa shape index (κ1) is 30.8. The lowest BCUT2D eigenvalue weighted by Gasteiger charge is -2.50. The van der Waals surface area contributed by atoms with Crippen LogP contribution in [-0.4, -0.2) is 80.2 Å². The highest BCUT2D eigenvalue weighted by atomic mass is 16.6. The van der Waals surface area contributed by atoms with Crippen molar-refractivity contribution >= 4 is 35.0 Å². The number of ether oxygens (including phenoxy) is 1. The fourth-order valence-corrected chi connectivity index (χ4v) is 6.67. The van der Waals surface area contributed by atoms with E-state index in [0.717, 1.165) is 0 Å². The summed E-state index contributed by atoms with van der Waals surface area (Å²) in [6.07, 6.45) is -0.478. The molecule has 232 valence electrons. The van der Waals surface area contributed by atoms with Crippen molar-refractivity contribution in [1.29, 1.82) is 0 Å². The predicted molar refractivity (Wildman–Crippen MR) is 160 cm³/mol. The normalized spacial score (nSPS) is 24.9. The molecule has 1 saturated carbocycles. The van der Waals surface area contributed by atoms with Gasteiger partial charge in [-0.3, -0.25) is 24.6 Å². The topological polar surface area (TPSA) is 200 Å². The number of aliphatic hydroxyl groups excluding tert-OH is 2. The Bertz CT molecular complexity index is 1670. The Labute approximate surface area is 253 Å². The molecule has 2 amide bonds. The summed E-state index contributed by atoms with van der Waals surface area (Å²) < 4.78 is 5.29. The van der Waals surface area contributed by atoms with Gasteiger partial charge in [-0.05, 0) is 88.5 Å². The number of nitrogens with one attached hydrogen (secondary N) is 1. The van der Waals surface area contributed by atoms with Crippen molar-refractivity contribution in [2.75, 3.05) is 19.4 Å². The third kappa shape index (κ3) is 4.80. The molecule has 0 heterocycles. The van der Waals surface area contributed by atoms with E-state index in [1.807, 2.05) is 0 Å². The molecule has 12 nitrogen and oxygen atoms in total. The first-order valence-electron chi connectivity index (χ1n) is 14.1. The van der Waals surface area contributed by atoms with E-state index in [1.165, 1.54) is 11.0 Å². The van der Waals surface area contributed by atoms with Gasteiger partial charge in [0.2, 0.25) is 5.78 Å². The third-order valence-corrected chi connectivity index (χ3v) is 8.45. The van der Waals surface area contributed by atoms with Crippen molar-refractivity contribution in [3.8, 4) is 16.9 Å². The van der Waals surface area contributed by atoms with E-state index in [2.05, 4.69) is 5.32 Å². The first-order valence-corrected chi connectivity index (χ1v) is 14.1. The average molecular weight is 606 g/mol. The summed E-state index contributed by atoms with van der Waals surface area (Å²) in [5, 5.41) is 47.7. The Balaban J connectivity index is 1.58. The molecule has 0 bridgehead atoms. The van der Waals surface area contributed by atoms with Crippen molar-refractivity contribution < 1.29 is 44.3 Å². The lowest BCUT2D eigenvalue weighted by atomic mass is 9.57. The van der Waals surface area contributed by atoms with Gasteiger partial charge in [-0.2, -0.15) is 0 Å². The van der Waals surface area contributed by atoms with Gasteiger partial charge in [0, 0.05) is 17.2 Å². The van der Waals surface area contributed by atoms with Crippen molar-refractivity contribution in [2.45, 2.75) is 50.9 Å². The molecule has 1 fully saturated rings. The summed E-state index contributed by atoms with van der Waals surface area (Å²) in [5.41, 5.74) is 3.26. The molecule has 4 atom stereocenters. The Hall–Kier alpha value is -4.68. The quantitative estimate of drug-likeness (QED) is 0.282. The minimum atomic E-state index is -2.70. The lowest BCUT2D eigenvalue weighted by Crippen LogP contribution is -2.65. The standard InChI is InChI=1S/C32H35N3O9/c1-31(2,3)44-30(42)34-16-8-6-14(7-9-16)17-10-11-20(36)22-18(17)12-15-13-19-24(35(4)5)26(38)23(29(33)41)28(40)32(19,43)27(39)21(15)25(22)37/h6-11,15,19,24,36-37,40,43H,12-13H2,1-5H3,(H2,33,41)(H,34,42)/t15-,19-,24-,32-/m0/s1. The van der Waals surface area contributed by atoms with Gasteiger partial charge in [0.15, 0.2) is 11.4 Å². The molecule has 0 aliphatic heterocycles. The Morgan fingerprint density at radius 1 is 1.05 bits per heavy atom. The number of aromatic hydroxyl groups is 1. The maximum absolute atomic E-state index is 14.0. The number of nitrogens with zero attached hydrogens (tertiary/aromatic N) is 1. The molecule has 0 spiro atoms. The number of nitrogens with two attached hydrogens (primary N) is 1. The first-order chi connectivity index (χ1) is 20.5. The largest absolute Gasteiger partial charge is 0.508 e. The molecule has 0 saturated heterocycles. The minimum Gasteiger partial charge on any atom is -0.508 e. The van der Waals surface area contributed by atoms with E-state index in [0.29, 0.717) is 22.4 Å². The van der Waals surface area contributed by atoms with E-state index in [4.69, 9.17) is 10.5 Å². The average Bonchev–Trinajstić information content (AvgIpc) is 2.90. The summed E-state index contributed by atoms with van der Waals surface area (Å²) in [7, 11) is 3.09. The molecule has 5 rings (SSSR count). The number of anilines is 1. The number of amides is 2. The number of carbonyl (C=O) groups excluding carboxylic acids is 4. The van der Waals surface area contributed by atoms with Crippen LogP contribution >= 0.6 is 0 Å². The number of phenolic OH excluding ortho intramolecular Hbond substituents is 1. The van der Waals surface area contributed by atoms with E-state index in [-0.39, 0.29) is 29.7 Å². The van der Waals surface area contributed by atoms with Crippen LogP contribution in [0.15, 0.2) is 53.3 Å². The molecular formula is C32H35N3O9. The zero-order chi connectivity index (χ0) is 32.5. The molecule has 44 heavy (non-hydrogen) atoms. The molecule has 7 N–H and O–H groups in total. The van der Waals surface area contributed by atoms with E-state index < -0.39 is 69.7 Å². The second-order valence-corrected chi connectivity index (χ2v) is 12.7. The van der Waals surface area contributed by atoms with E-state index >= 15 is 0 Å². The molecule has 12 heteroatoms. The van der Waals surface area contributed by atoms with Crippen molar-refractivity contribution in [1.82, 2.24) is 4.90 Å². The van der Waals surface area contributed by atoms with Crippen LogP contribution in [0.5, 0.6) is 5.75 Å². The maximum atomic E-state index is 14.0. The number of hydrogen-bond donors (Lipinski definition) is 6. The van der Waals surface area contributed by atoms with E-state index in [1.54, 1.807) is 65.2 Å². The monoisotopic (exact) mass is 605 g/mol. The zero-order valence-electron chi connectivity index (χ0n) is 25.0. The van der Waals surface area contributed by atoms with Gasteiger partial charge in [-0.15, -0.1) is 0 Å². The molecule has 2 aromatic carbocycles. The number of rotatable bonds is 4. The lowest BCUT2D eigenvalue weighted by molar-refractivity contribution is -0.153.